The minimum Gasteiger partial charge on any atom is -0.327 e. The monoisotopic (exact) mass is 266 g/mol. The second-order valence-corrected chi connectivity index (χ2v) is 4.86. The van der Waals surface area contributed by atoms with Crippen molar-refractivity contribution < 1.29 is 0 Å². The zero-order valence-corrected chi connectivity index (χ0v) is 10.7. The Morgan fingerprint density at radius 1 is 1.60 bits per heavy atom. The predicted octanol–water partition coefficient (Wildman–Crippen LogP) is 3.23. The van der Waals surface area contributed by atoms with Gasteiger partial charge in [0.05, 0.1) is 10.5 Å². The second-order valence-electron chi connectivity index (χ2n) is 3.75. The summed E-state index contributed by atoms with van der Waals surface area (Å²) >= 11 is 3.64. The summed E-state index contributed by atoms with van der Waals surface area (Å²) in [5.74, 6) is 1.06. The van der Waals surface area contributed by atoms with Crippen molar-refractivity contribution in [2.75, 3.05) is 6.54 Å². The number of fused-ring (bicyclic) bond motifs is 1. The minimum absolute atomic E-state index is 0.381. The van der Waals surface area contributed by atoms with E-state index >= 15 is 0 Å². The zero-order valence-electron chi connectivity index (χ0n) is 9.07. The number of allylic oxidation sites excluding steroid dienone is 4. The molecule has 0 radical (unpaired) electrons. The quantitative estimate of drug-likeness (QED) is 0.701. The van der Waals surface area contributed by atoms with Gasteiger partial charge < -0.3 is 4.90 Å². The summed E-state index contributed by atoms with van der Waals surface area (Å²) in [6.07, 6.45) is 9.51. The van der Waals surface area contributed by atoms with Crippen LogP contribution in [-0.4, -0.2) is 22.1 Å². The van der Waals surface area contributed by atoms with Crippen LogP contribution in [0.3, 0.4) is 0 Å². The molecule has 1 unspecified atom stereocenters. The summed E-state index contributed by atoms with van der Waals surface area (Å²) in [7, 11) is 0. The highest BCUT2D eigenvalue weighted by atomic mass is 79.9. The lowest BCUT2D eigenvalue weighted by Gasteiger charge is -2.30. The summed E-state index contributed by atoms with van der Waals surface area (Å²) in [6.45, 7) is 5.21. The first kappa shape index (κ1) is 10.7. The predicted molar refractivity (Wildman–Crippen MR) is 68.1 cm³/mol. The molecule has 15 heavy (non-hydrogen) atoms. The third-order valence-electron chi connectivity index (χ3n) is 2.69. The fourth-order valence-corrected chi connectivity index (χ4v) is 2.03. The number of nitrogens with zero attached hydrogens (tertiary/aromatic N) is 2. The van der Waals surface area contributed by atoms with Gasteiger partial charge in [0.2, 0.25) is 0 Å². The molecule has 2 aliphatic rings. The summed E-state index contributed by atoms with van der Waals surface area (Å²) in [5.41, 5.74) is 2.41. The molecule has 0 aromatic carbocycles. The van der Waals surface area contributed by atoms with E-state index in [-0.39, 0.29) is 0 Å². The Kier molecular flexibility index (Phi) is 3.10. The molecule has 0 spiro atoms. The van der Waals surface area contributed by atoms with Gasteiger partial charge in [-0.05, 0) is 31.6 Å². The van der Waals surface area contributed by atoms with E-state index < -0.39 is 0 Å². The molecule has 2 aliphatic heterocycles. The van der Waals surface area contributed by atoms with Crippen LogP contribution in [0.4, 0.5) is 0 Å². The van der Waals surface area contributed by atoms with E-state index in [1.165, 1.54) is 5.70 Å². The SMILES string of the molecule is CCC(Br)C1=CCN2C(C)=CC=CC2=N1. The lowest BCUT2D eigenvalue weighted by molar-refractivity contribution is 0.556. The average molecular weight is 267 g/mol. The Morgan fingerprint density at radius 3 is 3.13 bits per heavy atom. The lowest BCUT2D eigenvalue weighted by atomic mass is 10.1. The smallest absolute Gasteiger partial charge is 0.133 e. The minimum atomic E-state index is 0.381. The van der Waals surface area contributed by atoms with Crippen LogP contribution in [0.15, 0.2) is 40.7 Å². The highest BCUT2D eigenvalue weighted by Gasteiger charge is 2.19. The Hall–Kier alpha value is -0.830. The van der Waals surface area contributed by atoms with Crippen LogP contribution in [0, 0.1) is 0 Å². The second kappa shape index (κ2) is 4.35. The van der Waals surface area contributed by atoms with Gasteiger partial charge in [0.1, 0.15) is 5.84 Å². The van der Waals surface area contributed by atoms with Crippen molar-refractivity contribution in [3.05, 3.63) is 35.7 Å². The van der Waals surface area contributed by atoms with Crippen LogP contribution in [0.25, 0.3) is 0 Å². The van der Waals surface area contributed by atoms with Gasteiger partial charge in [0.15, 0.2) is 0 Å². The normalized spacial score (nSPS) is 21.5. The number of hydrogen-bond donors (Lipinski definition) is 0. The van der Waals surface area contributed by atoms with E-state index in [1.54, 1.807) is 0 Å². The first-order valence-electron chi connectivity index (χ1n) is 5.27. The maximum absolute atomic E-state index is 4.65. The highest BCUT2D eigenvalue weighted by Crippen LogP contribution is 2.23. The van der Waals surface area contributed by atoms with Crippen LogP contribution in [0.5, 0.6) is 0 Å². The molecule has 0 amide bonds. The Labute approximate surface area is 99.2 Å². The fraction of sp³-hybridized carbons (Fsp3) is 0.417. The fourth-order valence-electron chi connectivity index (χ4n) is 1.74. The molecule has 0 saturated carbocycles. The molecule has 0 N–H and O–H groups in total. The van der Waals surface area contributed by atoms with Gasteiger partial charge in [-0.3, -0.25) is 0 Å². The number of halogens is 1. The molecule has 80 valence electrons. The van der Waals surface area contributed by atoms with Gasteiger partial charge in [0, 0.05) is 12.2 Å². The van der Waals surface area contributed by atoms with E-state index in [4.69, 9.17) is 0 Å². The number of aliphatic imine (C=N–C) groups is 1. The van der Waals surface area contributed by atoms with Crippen molar-refractivity contribution in [1.29, 1.82) is 0 Å². The van der Waals surface area contributed by atoms with Crippen molar-refractivity contribution in [3.63, 3.8) is 0 Å². The lowest BCUT2D eigenvalue weighted by Crippen LogP contribution is -2.33. The average Bonchev–Trinajstić information content (AvgIpc) is 2.28. The highest BCUT2D eigenvalue weighted by molar-refractivity contribution is 9.09. The maximum Gasteiger partial charge on any atom is 0.133 e. The molecular formula is C12H15BrN2. The molecule has 3 heteroatoms. The van der Waals surface area contributed by atoms with Crippen LogP contribution in [0.1, 0.15) is 20.3 Å². The molecule has 1 atom stereocenters. The topological polar surface area (TPSA) is 15.6 Å². The summed E-state index contributed by atoms with van der Waals surface area (Å²) < 4.78 is 0. The Balaban J connectivity index is 2.23. The van der Waals surface area contributed by atoms with E-state index in [1.807, 2.05) is 0 Å². The standard InChI is InChI=1S/C12H15BrN2/c1-3-10(13)11-7-8-15-9(2)5-4-6-12(15)14-11/h4-7,10H,3,8H2,1-2H3. The molecular weight excluding hydrogens is 252 g/mol. The molecule has 0 aromatic heterocycles. The largest absolute Gasteiger partial charge is 0.327 e. The summed E-state index contributed by atoms with van der Waals surface area (Å²) in [6, 6.07) is 0. The molecule has 2 nitrogen and oxygen atoms in total. The van der Waals surface area contributed by atoms with Crippen LogP contribution < -0.4 is 0 Å². The first-order chi connectivity index (χ1) is 7.22. The molecule has 2 heterocycles. The van der Waals surface area contributed by atoms with E-state index in [9.17, 15) is 0 Å². The van der Waals surface area contributed by atoms with Crippen LogP contribution in [0.2, 0.25) is 0 Å². The number of rotatable bonds is 2. The van der Waals surface area contributed by atoms with Crippen LogP contribution in [-0.2, 0) is 0 Å². The van der Waals surface area contributed by atoms with Gasteiger partial charge in [-0.25, -0.2) is 4.99 Å². The van der Waals surface area contributed by atoms with Gasteiger partial charge in [-0.1, -0.05) is 28.9 Å². The molecule has 0 saturated heterocycles. The number of amidine groups is 1. The number of alkyl halides is 1. The van der Waals surface area contributed by atoms with Crippen LogP contribution >= 0.6 is 15.9 Å². The molecule has 0 bridgehead atoms. The molecule has 0 aliphatic carbocycles. The van der Waals surface area contributed by atoms with E-state index in [0.717, 1.165) is 24.5 Å². The van der Waals surface area contributed by atoms with Crippen molar-refractivity contribution in [1.82, 2.24) is 4.90 Å². The summed E-state index contributed by atoms with van der Waals surface area (Å²) in [4.78, 5) is 7.26. The first-order valence-corrected chi connectivity index (χ1v) is 6.19. The molecule has 2 rings (SSSR count). The van der Waals surface area contributed by atoms with Gasteiger partial charge >= 0.3 is 0 Å². The van der Waals surface area contributed by atoms with Crippen molar-refractivity contribution in [3.8, 4) is 0 Å². The maximum atomic E-state index is 4.65. The third kappa shape index (κ3) is 2.07. The van der Waals surface area contributed by atoms with Gasteiger partial charge in [0.25, 0.3) is 0 Å². The third-order valence-corrected chi connectivity index (χ3v) is 3.81. The zero-order chi connectivity index (χ0) is 10.8. The van der Waals surface area contributed by atoms with E-state index in [0.29, 0.717) is 4.83 Å². The Bertz CT molecular complexity index is 377. The molecule has 0 fully saturated rings. The van der Waals surface area contributed by atoms with Crippen molar-refractivity contribution >= 4 is 21.8 Å². The van der Waals surface area contributed by atoms with Gasteiger partial charge in [-0.15, -0.1) is 0 Å². The van der Waals surface area contributed by atoms with Crippen molar-refractivity contribution in [2.45, 2.75) is 25.1 Å². The summed E-state index contributed by atoms with van der Waals surface area (Å²) in [5, 5.41) is 0. The molecule has 0 aromatic rings. The van der Waals surface area contributed by atoms with Gasteiger partial charge in [-0.2, -0.15) is 0 Å². The number of hydrogen-bond acceptors (Lipinski definition) is 2. The van der Waals surface area contributed by atoms with Crippen molar-refractivity contribution in [2.24, 2.45) is 4.99 Å². The Morgan fingerprint density at radius 2 is 2.40 bits per heavy atom. The van der Waals surface area contributed by atoms with E-state index in [2.05, 4.69) is 64.0 Å².